The summed E-state index contributed by atoms with van der Waals surface area (Å²) in [7, 11) is -3.10. The van der Waals surface area contributed by atoms with E-state index in [1.807, 2.05) is 0 Å². The Hall–Kier alpha value is -2.99. The second-order valence-electron chi connectivity index (χ2n) is 6.33. The SMILES string of the molecule is COC(=O)c1ccc(CN(Cc2ccco2)S(=O)(=O)c2c(C)nn(C(F)F)c2C)o1. The van der Waals surface area contributed by atoms with Crippen molar-refractivity contribution in [1.82, 2.24) is 14.1 Å². The number of alkyl halides is 2. The zero-order valence-electron chi connectivity index (χ0n) is 16.3. The van der Waals surface area contributed by atoms with Gasteiger partial charge in [-0.3, -0.25) is 0 Å². The van der Waals surface area contributed by atoms with Crippen LogP contribution in [0.2, 0.25) is 0 Å². The molecule has 0 spiro atoms. The highest BCUT2D eigenvalue weighted by atomic mass is 32.2. The Kier molecular flexibility index (Phi) is 6.08. The smallest absolute Gasteiger partial charge is 0.373 e. The highest BCUT2D eigenvalue weighted by molar-refractivity contribution is 7.89. The van der Waals surface area contributed by atoms with E-state index in [2.05, 4.69) is 9.84 Å². The van der Waals surface area contributed by atoms with Crippen molar-refractivity contribution in [3.05, 3.63) is 59.2 Å². The molecular weight excluding hydrogens is 424 g/mol. The van der Waals surface area contributed by atoms with Crippen molar-refractivity contribution in [3.8, 4) is 0 Å². The van der Waals surface area contributed by atoms with Gasteiger partial charge in [0.1, 0.15) is 16.4 Å². The van der Waals surface area contributed by atoms with Gasteiger partial charge in [0.2, 0.25) is 15.8 Å². The monoisotopic (exact) mass is 443 g/mol. The number of hydrogen-bond acceptors (Lipinski definition) is 7. The fourth-order valence-corrected chi connectivity index (χ4v) is 4.72. The topological polar surface area (TPSA) is 108 Å². The Morgan fingerprint density at radius 1 is 1.23 bits per heavy atom. The first-order valence-electron chi connectivity index (χ1n) is 8.68. The Morgan fingerprint density at radius 2 is 1.93 bits per heavy atom. The number of hydrogen-bond donors (Lipinski definition) is 0. The van der Waals surface area contributed by atoms with Gasteiger partial charge in [0.05, 0.1) is 37.9 Å². The lowest BCUT2D eigenvalue weighted by molar-refractivity contribution is 0.0537. The minimum absolute atomic E-state index is 0.0630. The first-order valence-corrected chi connectivity index (χ1v) is 10.1. The van der Waals surface area contributed by atoms with Gasteiger partial charge < -0.3 is 13.6 Å². The maximum Gasteiger partial charge on any atom is 0.373 e. The van der Waals surface area contributed by atoms with E-state index in [4.69, 9.17) is 8.83 Å². The summed E-state index contributed by atoms with van der Waals surface area (Å²) in [6.45, 7) is -0.863. The van der Waals surface area contributed by atoms with E-state index in [9.17, 15) is 22.0 Å². The molecule has 0 saturated carbocycles. The van der Waals surface area contributed by atoms with Crippen LogP contribution in [0.4, 0.5) is 8.78 Å². The molecule has 0 aliphatic rings. The summed E-state index contributed by atoms with van der Waals surface area (Å²) in [4.78, 5) is 11.3. The molecule has 3 rings (SSSR count). The number of sulfonamides is 1. The Balaban J connectivity index is 2.01. The molecule has 0 fully saturated rings. The molecule has 0 radical (unpaired) electrons. The number of esters is 1. The van der Waals surface area contributed by atoms with Gasteiger partial charge in [-0.25, -0.2) is 17.9 Å². The Morgan fingerprint density at radius 3 is 2.50 bits per heavy atom. The Labute approximate surface area is 170 Å². The van der Waals surface area contributed by atoms with Gasteiger partial charge in [-0.05, 0) is 38.1 Å². The fraction of sp³-hybridized carbons (Fsp3) is 0.333. The van der Waals surface area contributed by atoms with Crippen LogP contribution in [-0.2, 0) is 27.8 Å². The minimum atomic E-state index is -4.29. The largest absolute Gasteiger partial charge is 0.468 e. The van der Waals surface area contributed by atoms with Gasteiger partial charge in [-0.15, -0.1) is 0 Å². The van der Waals surface area contributed by atoms with Crippen LogP contribution >= 0.6 is 0 Å². The van der Waals surface area contributed by atoms with Gasteiger partial charge in [0.25, 0.3) is 0 Å². The van der Waals surface area contributed by atoms with E-state index in [0.29, 0.717) is 10.4 Å². The predicted octanol–water partition coefficient (Wildman–Crippen LogP) is 3.26. The lowest BCUT2D eigenvalue weighted by Crippen LogP contribution is -2.31. The van der Waals surface area contributed by atoms with Crippen LogP contribution < -0.4 is 0 Å². The van der Waals surface area contributed by atoms with Crippen molar-refractivity contribution in [2.75, 3.05) is 7.11 Å². The van der Waals surface area contributed by atoms with Crippen LogP contribution in [0, 0.1) is 13.8 Å². The van der Waals surface area contributed by atoms with Crippen molar-refractivity contribution >= 4 is 16.0 Å². The van der Waals surface area contributed by atoms with E-state index in [0.717, 1.165) is 4.31 Å². The molecule has 3 aromatic rings. The minimum Gasteiger partial charge on any atom is -0.468 e. The molecule has 0 amide bonds. The van der Waals surface area contributed by atoms with Crippen LogP contribution in [0.15, 0.2) is 44.3 Å². The number of furan rings is 2. The van der Waals surface area contributed by atoms with Crippen molar-refractivity contribution in [2.24, 2.45) is 0 Å². The van der Waals surface area contributed by atoms with E-state index >= 15 is 0 Å². The van der Waals surface area contributed by atoms with E-state index < -0.39 is 22.5 Å². The molecule has 0 atom stereocenters. The maximum absolute atomic E-state index is 13.4. The quantitative estimate of drug-likeness (QED) is 0.492. The third-order valence-electron chi connectivity index (χ3n) is 4.33. The summed E-state index contributed by atoms with van der Waals surface area (Å²) < 4.78 is 69.7. The van der Waals surface area contributed by atoms with Gasteiger partial charge in [-0.1, -0.05) is 0 Å². The Bertz CT molecular complexity index is 1140. The zero-order chi connectivity index (χ0) is 22.1. The molecule has 0 aliphatic carbocycles. The van der Waals surface area contributed by atoms with Crippen LogP contribution in [0.5, 0.6) is 0 Å². The molecule has 0 aliphatic heterocycles. The average Bonchev–Trinajstić information content (AvgIpc) is 3.41. The molecular formula is C18H19F2N3O6S. The van der Waals surface area contributed by atoms with Crippen LogP contribution in [0.25, 0.3) is 0 Å². The lowest BCUT2D eigenvalue weighted by Gasteiger charge is -2.20. The molecule has 3 aromatic heterocycles. The summed E-state index contributed by atoms with van der Waals surface area (Å²) in [5, 5.41) is 3.65. The van der Waals surface area contributed by atoms with Crippen LogP contribution in [-0.4, -0.2) is 35.6 Å². The lowest BCUT2D eigenvalue weighted by atomic mass is 10.4. The van der Waals surface area contributed by atoms with Gasteiger partial charge in [0.15, 0.2) is 0 Å². The van der Waals surface area contributed by atoms with Gasteiger partial charge in [-0.2, -0.15) is 18.2 Å². The van der Waals surface area contributed by atoms with E-state index in [-0.39, 0.29) is 40.9 Å². The number of rotatable bonds is 8. The van der Waals surface area contributed by atoms with Crippen molar-refractivity contribution in [2.45, 2.75) is 38.4 Å². The number of aryl methyl sites for hydroxylation is 1. The summed E-state index contributed by atoms with van der Waals surface area (Å²) >= 11 is 0. The van der Waals surface area contributed by atoms with Crippen molar-refractivity contribution < 1.29 is 35.6 Å². The van der Waals surface area contributed by atoms with Crippen LogP contribution in [0.3, 0.4) is 0 Å². The molecule has 0 N–H and O–H groups in total. The molecule has 0 bridgehead atoms. The normalized spacial score (nSPS) is 12.1. The first kappa shape index (κ1) is 21.7. The molecule has 12 heteroatoms. The highest BCUT2D eigenvalue weighted by Crippen LogP contribution is 2.29. The number of nitrogens with zero attached hydrogens (tertiary/aromatic N) is 3. The first-order chi connectivity index (χ1) is 14.1. The molecule has 9 nitrogen and oxygen atoms in total. The van der Waals surface area contributed by atoms with Gasteiger partial charge in [0, 0.05) is 0 Å². The average molecular weight is 443 g/mol. The van der Waals surface area contributed by atoms with Crippen LogP contribution in [0.1, 0.15) is 40.0 Å². The molecule has 30 heavy (non-hydrogen) atoms. The summed E-state index contributed by atoms with van der Waals surface area (Å²) in [5.41, 5.74) is -0.256. The second-order valence-corrected chi connectivity index (χ2v) is 8.21. The second kappa shape index (κ2) is 8.40. The third kappa shape index (κ3) is 4.14. The predicted molar refractivity (Wildman–Crippen MR) is 98.1 cm³/mol. The summed E-state index contributed by atoms with van der Waals surface area (Å²) in [6, 6.07) is 5.95. The zero-order valence-corrected chi connectivity index (χ0v) is 17.2. The highest BCUT2D eigenvalue weighted by Gasteiger charge is 2.33. The fourth-order valence-electron chi connectivity index (χ4n) is 2.99. The van der Waals surface area contributed by atoms with Crippen molar-refractivity contribution in [3.63, 3.8) is 0 Å². The summed E-state index contributed by atoms with van der Waals surface area (Å²) in [6.07, 6.45) is 1.38. The molecule has 162 valence electrons. The number of aromatic nitrogens is 2. The molecule has 0 unspecified atom stereocenters. The molecule has 0 saturated heterocycles. The summed E-state index contributed by atoms with van der Waals surface area (Å²) in [5.74, 6) is -0.329. The number of carbonyl (C=O) groups excluding carboxylic acids is 1. The van der Waals surface area contributed by atoms with Gasteiger partial charge >= 0.3 is 12.5 Å². The standard InChI is InChI=1S/C18H19F2N3O6S/c1-11-16(12(2)23(21-11)18(19)20)30(25,26)22(9-13-5-4-8-28-13)10-14-6-7-15(29-14)17(24)27-3/h4-8,18H,9-10H2,1-3H3. The van der Waals surface area contributed by atoms with Crippen molar-refractivity contribution in [1.29, 1.82) is 0 Å². The number of methoxy groups -OCH3 is 1. The number of carbonyl (C=O) groups is 1. The maximum atomic E-state index is 13.4. The number of halogens is 2. The van der Waals surface area contributed by atoms with E-state index in [1.54, 1.807) is 12.1 Å². The van der Waals surface area contributed by atoms with E-state index in [1.165, 1.54) is 39.4 Å². The molecule has 3 heterocycles. The third-order valence-corrected chi connectivity index (χ3v) is 6.38. The number of ether oxygens (including phenoxy) is 1. The molecule has 0 aromatic carbocycles.